The summed E-state index contributed by atoms with van der Waals surface area (Å²) in [5.41, 5.74) is 2.20. The van der Waals surface area contributed by atoms with Crippen molar-refractivity contribution in [3.8, 4) is 5.75 Å². The Hall–Kier alpha value is -2.82. The van der Waals surface area contributed by atoms with E-state index < -0.39 is 6.10 Å². The molecule has 0 bridgehead atoms. The summed E-state index contributed by atoms with van der Waals surface area (Å²) in [6.45, 7) is 6.61. The van der Waals surface area contributed by atoms with Crippen LogP contribution in [0.5, 0.6) is 5.75 Å². The van der Waals surface area contributed by atoms with Crippen LogP contribution < -0.4 is 15.4 Å². The molecular weight excluding hydrogens is 340 g/mol. The molecule has 0 heterocycles. The van der Waals surface area contributed by atoms with Gasteiger partial charge in [-0.25, -0.2) is 0 Å². The molecule has 0 saturated carbocycles. The standard InChI is InChI=1S/C22H28N2O3/c1-4-6-15-23-21(25)17-11-13-18(14-12-17)24-22(26)19(5-2)27-20-10-8-7-9-16(20)3/h7-14,19H,4-6,15H2,1-3H3,(H,23,25)(H,24,26). The maximum atomic E-state index is 12.5. The molecule has 1 atom stereocenters. The number of benzene rings is 2. The maximum absolute atomic E-state index is 12.5. The topological polar surface area (TPSA) is 67.4 Å². The number of nitrogens with one attached hydrogen (secondary N) is 2. The number of rotatable bonds is 9. The first kappa shape index (κ1) is 20.5. The average Bonchev–Trinajstić information content (AvgIpc) is 2.68. The molecule has 2 N–H and O–H groups in total. The fourth-order valence-corrected chi connectivity index (χ4v) is 2.57. The maximum Gasteiger partial charge on any atom is 0.265 e. The summed E-state index contributed by atoms with van der Waals surface area (Å²) in [7, 11) is 0. The van der Waals surface area contributed by atoms with Crippen molar-refractivity contribution in [3.63, 3.8) is 0 Å². The van der Waals surface area contributed by atoms with Gasteiger partial charge in [-0.15, -0.1) is 0 Å². The number of hydrogen-bond donors (Lipinski definition) is 2. The third-order valence-corrected chi connectivity index (χ3v) is 4.26. The van der Waals surface area contributed by atoms with Gasteiger partial charge in [-0.2, -0.15) is 0 Å². The Morgan fingerprint density at radius 3 is 2.37 bits per heavy atom. The minimum absolute atomic E-state index is 0.101. The molecule has 2 aromatic rings. The molecule has 0 saturated heterocycles. The Bertz CT molecular complexity index is 756. The van der Waals surface area contributed by atoms with Gasteiger partial charge in [-0.1, -0.05) is 38.5 Å². The first-order chi connectivity index (χ1) is 13.0. The first-order valence-corrected chi connectivity index (χ1v) is 9.46. The molecule has 0 spiro atoms. The van der Waals surface area contributed by atoms with Gasteiger partial charge in [0, 0.05) is 17.8 Å². The van der Waals surface area contributed by atoms with Gasteiger partial charge in [0.15, 0.2) is 6.10 Å². The predicted octanol–water partition coefficient (Wildman–Crippen LogP) is 4.32. The van der Waals surface area contributed by atoms with Gasteiger partial charge in [0.05, 0.1) is 0 Å². The molecule has 0 aliphatic rings. The van der Waals surface area contributed by atoms with Crippen molar-refractivity contribution in [2.45, 2.75) is 46.1 Å². The van der Waals surface area contributed by atoms with Crippen molar-refractivity contribution in [1.82, 2.24) is 5.32 Å². The van der Waals surface area contributed by atoms with E-state index in [1.165, 1.54) is 0 Å². The van der Waals surface area contributed by atoms with Crippen LogP contribution >= 0.6 is 0 Å². The van der Waals surface area contributed by atoms with Crippen LogP contribution in [0.4, 0.5) is 5.69 Å². The van der Waals surface area contributed by atoms with Crippen LogP contribution in [0, 0.1) is 6.92 Å². The Kier molecular flexibility index (Phi) is 7.86. The summed E-state index contributed by atoms with van der Waals surface area (Å²) in [5, 5.41) is 5.73. The molecule has 0 aliphatic heterocycles. The second kappa shape index (κ2) is 10.4. The van der Waals surface area contributed by atoms with E-state index in [9.17, 15) is 9.59 Å². The second-order valence-electron chi connectivity index (χ2n) is 6.46. The number of para-hydroxylation sites is 1. The van der Waals surface area contributed by atoms with E-state index in [0.29, 0.717) is 30.0 Å². The molecular formula is C22H28N2O3. The molecule has 2 rings (SSSR count). The van der Waals surface area contributed by atoms with Crippen LogP contribution in [0.2, 0.25) is 0 Å². The molecule has 2 amide bonds. The van der Waals surface area contributed by atoms with Gasteiger partial charge in [0.25, 0.3) is 11.8 Å². The highest BCUT2D eigenvalue weighted by Crippen LogP contribution is 2.19. The highest BCUT2D eigenvalue weighted by Gasteiger charge is 2.19. The SMILES string of the molecule is CCCCNC(=O)c1ccc(NC(=O)C(CC)Oc2ccccc2C)cc1. The molecule has 144 valence electrons. The molecule has 27 heavy (non-hydrogen) atoms. The first-order valence-electron chi connectivity index (χ1n) is 9.46. The third-order valence-electron chi connectivity index (χ3n) is 4.26. The minimum atomic E-state index is -0.580. The molecule has 0 fully saturated rings. The van der Waals surface area contributed by atoms with E-state index in [2.05, 4.69) is 17.6 Å². The van der Waals surface area contributed by atoms with Gasteiger partial charge in [-0.3, -0.25) is 9.59 Å². The zero-order chi connectivity index (χ0) is 19.6. The summed E-state index contributed by atoms with van der Waals surface area (Å²) in [5.74, 6) is 0.398. The Balaban J connectivity index is 1.95. The smallest absolute Gasteiger partial charge is 0.265 e. The van der Waals surface area contributed by atoms with Crippen molar-refractivity contribution in [2.24, 2.45) is 0 Å². The van der Waals surface area contributed by atoms with E-state index in [1.807, 2.05) is 38.1 Å². The fourth-order valence-electron chi connectivity index (χ4n) is 2.57. The summed E-state index contributed by atoms with van der Waals surface area (Å²) in [4.78, 5) is 24.6. The van der Waals surface area contributed by atoms with Crippen LogP contribution in [0.15, 0.2) is 48.5 Å². The summed E-state index contributed by atoms with van der Waals surface area (Å²) < 4.78 is 5.87. The lowest BCUT2D eigenvalue weighted by Gasteiger charge is -2.18. The second-order valence-corrected chi connectivity index (χ2v) is 6.46. The van der Waals surface area contributed by atoms with Crippen molar-refractivity contribution < 1.29 is 14.3 Å². The van der Waals surface area contributed by atoms with Gasteiger partial charge >= 0.3 is 0 Å². The number of amides is 2. The Morgan fingerprint density at radius 1 is 1.04 bits per heavy atom. The van der Waals surface area contributed by atoms with E-state index in [4.69, 9.17) is 4.74 Å². The van der Waals surface area contributed by atoms with Crippen molar-refractivity contribution in [3.05, 3.63) is 59.7 Å². The van der Waals surface area contributed by atoms with Gasteiger partial charge in [0.1, 0.15) is 5.75 Å². The summed E-state index contributed by atoms with van der Waals surface area (Å²) >= 11 is 0. The van der Waals surface area contributed by atoms with Crippen LogP contribution in [0.1, 0.15) is 49.0 Å². The highest BCUT2D eigenvalue weighted by atomic mass is 16.5. The molecule has 0 aromatic heterocycles. The van der Waals surface area contributed by atoms with Crippen LogP contribution in [0.3, 0.4) is 0 Å². The lowest BCUT2D eigenvalue weighted by atomic mass is 10.1. The predicted molar refractivity (Wildman–Crippen MR) is 108 cm³/mol. The molecule has 0 aliphatic carbocycles. The normalized spacial score (nSPS) is 11.5. The van der Waals surface area contributed by atoms with Crippen LogP contribution in [-0.2, 0) is 4.79 Å². The number of anilines is 1. The Morgan fingerprint density at radius 2 is 1.74 bits per heavy atom. The van der Waals surface area contributed by atoms with E-state index in [1.54, 1.807) is 24.3 Å². The van der Waals surface area contributed by atoms with Crippen LogP contribution in [-0.4, -0.2) is 24.5 Å². The van der Waals surface area contributed by atoms with Crippen molar-refractivity contribution >= 4 is 17.5 Å². The molecule has 0 radical (unpaired) electrons. The average molecular weight is 368 g/mol. The monoisotopic (exact) mass is 368 g/mol. The molecule has 2 aromatic carbocycles. The quantitative estimate of drug-likeness (QED) is 0.648. The molecule has 1 unspecified atom stereocenters. The number of carbonyl (C=O) groups excluding carboxylic acids is 2. The number of aryl methyl sites for hydroxylation is 1. The third kappa shape index (κ3) is 6.13. The molecule has 5 heteroatoms. The van der Waals surface area contributed by atoms with Gasteiger partial charge < -0.3 is 15.4 Å². The summed E-state index contributed by atoms with van der Waals surface area (Å²) in [6.07, 6.45) is 1.97. The van der Waals surface area contributed by atoms with E-state index >= 15 is 0 Å². The van der Waals surface area contributed by atoms with Gasteiger partial charge in [-0.05, 0) is 55.7 Å². The lowest BCUT2D eigenvalue weighted by molar-refractivity contribution is -0.122. The van der Waals surface area contributed by atoms with Crippen LogP contribution in [0.25, 0.3) is 0 Å². The van der Waals surface area contributed by atoms with Crippen molar-refractivity contribution in [2.75, 3.05) is 11.9 Å². The summed E-state index contributed by atoms with van der Waals surface area (Å²) in [6, 6.07) is 14.5. The minimum Gasteiger partial charge on any atom is -0.480 e. The lowest BCUT2D eigenvalue weighted by Crippen LogP contribution is -2.32. The fraction of sp³-hybridized carbons (Fsp3) is 0.364. The number of unbranched alkanes of at least 4 members (excludes halogenated alkanes) is 1. The zero-order valence-electron chi connectivity index (χ0n) is 16.2. The highest BCUT2D eigenvalue weighted by molar-refractivity contribution is 5.97. The molecule has 5 nitrogen and oxygen atoms in total. The van der Waals surface area contributed by atoms with E-state index in [0.717, 1.165) is 18.4 Å². The number of ether oxygens (including phenoxy) is 1. The largest absolute Gasteiger partial charge is 0.480 e. The van der Waals surface area contributed by atoms with E-state index in [-0.39, 0.29) is 11.8 Å². The number of hydrogen-bond acceptors (Lipinski definition) is 3. The number of carbonyl (C=O) groups is 2. The Labute approximate surface area is 161 Å². The zero-order valence-corrected chi connectivity index (χ0v) is 16.2. The van der Waals surface area contributed by atoms with Crippen molar-refractivity contribution in [1.29, 1.82) is 0 Å². The van der Waals surface area contributed by atoms with Gasteiger partial charge in [0.2, 0.25) is 0 Å².